The van der Waals surface area contributed by atoms with E-state index in [1.165, 1.54) is 25.1 Å². The first-order valence-corrected chi connectivity index (χ1v) is 17.1. The molecule has 3 unspecified atom stereocenters. The summed E-state index contributed by atoms with van der Waals surface area (Å²) in [7, 11) is -2.11. The van der Waals surface area contributed by atoms with Gasteiger partial charge in [0.25, 0.3) is 11.8 Å². The molecular formula is C36H42N4O6S. The molecule has 0 aliphatic rings. The van der Waals surface area contributed by atoms with Gasteiger partial charge in [0.05, 0.1) is 36.7 Å². The number of amides is 2. The highest BCUT2D eigenvalue weighted by atomic mass is 32.2. The monoisotopic (exact) mass is 658 g/mol. The van der Waals surface area contributed by atoms with E-state index in [9.17, 15) is 23.1 Å². The number of rotatable bonds is 16. The van der Waals surface area contributed by atoms with Crippen molar-refractivity contribution in [2.24, 2.45) is 0 Å². The zero-order valence-electron chi connectivity index (χ0n) is 26.8. The Labute approximate surface area is 276 Å². The Bertz CT molecular complexity index is 1740. The summed E-state index contributed by atoms with van der Waals surface area (Å²) in [5, 5.41) is 20.4. The van der Waals surface area contributed by atoms with E-state index in [4.69, 9.17) is 4.74 Å². The molecule has 248 valence electrons. The molecule has 0 spiro atoms. The van der Waals surface area contributed by atoms with Gasteiger partial charge in [0.1, 0.15) is 5.75 Å². The van der Waals surface area contributed by atoms with Gasteiger partial charge in [-0.2, -0.15) is 0 Å². The number of carbonyl (C=O) groups excluding carboxylic acids is 2. The first kappa shape index (κ1) is 35.1. The summed E-state index contributed by atoms with van der Waals surface area (Å²) in [6, 6.07) is 29.6. The third-order valence-corrected chi connectivity index (χ3v) is 8.96. The van der Waals surface area contributed by atoms with Crippen LogP contribution in [-0.4, -0.2) is 56.9 Å². The average molecular weight is 659 g/mol. The van der Waals surface area contributed by atoms with Gasteiger partial charge < -0.3 is 25.8 Å². The first-order valence-electron chi connectivity index (χ1n) is 15.4. The highest BCUT2D eigenvalue weighted by molar-refractivity contribution is 7.92. The molecule has 3 atom stereocenters. The van der Waals surface area contributed by atoms with Crippen molar-refractivity contribution >= 4 is 27.5 Å². The maximum Gasteiger partial charge on any atom is 0.251 e. The second-order valence-corrected chi connectivity index (χ2v) is 13.2. The number of hydrogen-bond donors (Lipinski definition) is 5. The SMILES string of the molecule is CCS(=O)(=O)Nc1cc(C(=O)NC(C)c2ccccc2)cc(C(=O)NC(Cc2ccccc2)C(O)CNCc2cccc(OC)c2)c1. The predicted molar refractivity (Wildman–Crippen MR) is 184 cm³/mol. The van der Waals surface area contributed by atoms with Crippen LogP contribution in [0.2, 0.25) is 0 Å². The summed E-state index contributed by atoms with van der Waals surface area (Å²) < 4.78 is 32.6. The lowest BCUT2D eigenvalue weighted by Crippen LogP contribution is -2.48. The maximum atomic E-state index is 13.8. The van der Waals surface area contributed by atoms with Gasteiger partial charge >= 0.3 is 0 Å². The molecule has 4 aromatic carbocycles. The molecule has 2 amide bonds. The molecule has 0 aliphatic carbocycles. The minimum Gasteiger partial charge on any atom is -0.497 e. The number of anilines is 1. The number of methoxy groups -OCH3 is 1. The van der Waals surface area contributed by atoms with Gasteiger partial charge in [0.15, 0.2) is 0 Å². The largest absolute Gasteiger partial charge is 0.497 e. The minimum atomic E-state index is -3.71. The molecule has 0 aliphatic heterocycles. The molecule has 11 heteroatoms. The number of aliphatic hydroxyl groups is 1. The van der Waals surface area contributed by atoms with Crippen molar-refractivity contribution in [1.29, 1.82) is 0 Å². The standard InChI is InChI=1S/C36H42N4O6S/c1-4-47(44,45)40-31-21-29(35(42)38-25(2)28-15-9-6-10-16-28)20-30(22-31)36(43)39-33(19-26-12-7-5-8-13-26)34(41)24-37-23-27-14-11-17-32(18-27)46-3/h5-18,20-22,25,33-34,37,40-41H,4,19,23-24H2,1-3H3,(H,38,42)(H,39,43). The second kappa shape index (κ2) is 16.7. The molecule has 0 aromatic heterocycles. The van der Waals surface area contributed by atoms with E-state index < -0.39 is 34.0 Å². The quantitative estimate of drug-likeness (QED) is 0.120. The van der Waals surface area contributed by atoms with E-state index in [1.54, 1.807) is 7.11 Å². The Balaban J connectivity index is 1.56. The number of hydrogen-bond acceptors (Lipinski definition) is 7. The normalized spacial score (nSPS) is 13.2. The van der Waals surface area contributed by atoms with Crippen LogP contribution in [0.25, 0.3) is 0 Å². The smallest absolute Gasteiger partial charge is 0.251 e. The number of ether oxygens (including phenoxy) is 1. The van der Waals surface area contributed by atoms with Gasteiger partial charge in [0, 0.05) is 24.2 Å². The van der Waals surface area contributed by atoms with E-state index in [-0.39, 0.29) is 35.2 Å². The first-order chi connectivity index (χ1) is 22.6. The molecule has 0 saturated carbocycles. The molecule has 0 saturated heterocycles. The number of carbonyl (C=O) groups is 2. The predicted octanol–water partition coefficient (Wildman–Crippen LogP) is 4.44. The lowest BCUT2D eigenvalue weighted by Gasteiger charge is -2.25. The fourth-order valence-corrected chi connectivity index (χ4v) is 5.62. The number of benzene rings is 4. The second-order valence-electron chi connectivity index (χ2n) is 11.2. The minimum absolute atomic E-state index is 0.0634. The van der Waals surface area contributed by atoms with E-state index in [1.807, 2.05) is 91.9 Å². The maximum absolute atomic E-state index is 13.8. The third-order valence-electron chi connectivity index (χ3n) is 7.65. The van der Waals surface area contributed by atoms with E-state index in [2.05, 4.69) is 20.7 Å². The molecule has 5 N–H and O–H groups in total. The average Bonchev–Trinajstić information content (AvgIpc) is 3.08. The number of nitrogens with one attached hydrogen (secondary N) is 4. The Morgan fingerprint density at radius 2 is 1.43 bits per heavy atom. The van der Waals surface area contributed by atoms with Crippen molar-refractivity contribution in [3.8, 4) is 5.75 Å². The van der Waals surface area contributed by atoms with Crippen LogP contribution in [-0.2, 0) is 23.0 Å². The molecule has 0 bridgehead atoms. The van der Waals surface area contributed by atoms with Crippen LogP contribution in [0, 0.1) is 0 Å². The van der Waals surface area contributed by atoms with Gasteiger partial charge in [-0.3, -0.25) is 14.3 Å². The molecule has 47 heavy (non-hydrogen) atoms. The van der Waals surface area contributed by atoms with E-state index in [0.29, 0.717) is 13.0 Å². The summed E-state index contributed by atoms with van der Waals surface area (Å²) in [6.07, 6.45) is -0.653. The van der Waals surface area contributed by atoms with Gasteiger partial charge in [0.2, 0.25) is 10.0 Å². The van der Waals surface area contributed by atoms with Crippen molar-refractivity contribution in [2.45, 2.75) is 45.0 Å². The van der Waals surface area contributed by atoms with Gasteiger partial charge in [-0.1, -0.05) is 72.8 Å². The lowest BCUT2D eigenvalue weighted by atomic mass is 10.00. The van der Waals surface area contributed by atoms with Crippen LogP contribution in [0.3, 0.4) is 0 Å². The highest BCUT2D eigenvalue weighted by Gasteiger charge is 2.24. The van der Waals surface area contributed by atoms with Crippen molar-refractivity contribution in [3.63, 3.8) is 0 Å². The molecule has 4 aromatic rings. The Morgan fingerprint density at radius 3 is 2.06 bits per heavy atom. The molecule has 0 radical (unpaired) electrons. The topological polar surface area (TPSA) is 146 Å². The van der Waals surface area contributed by atoms with Crippen LogP contribution in [0.15, 0.2) is 103 Å². The van der Waals surface area contributed by atoms with Gasteiger partial charge in [-0.05, 0) is 67.3 Å². The van der Waals surface area contributed by atoms with Crippen molar-refractivity contribution in [1.82, 2.24) is 16.0 Å². The summed E-state index contributed by atoms with van der Waals surface area (Å²) in [5.41, 5.74) is 3.02. The van der Waals surface area contributed by atoms with E-state index in [0.717, 1.165) is 22.4 Å². The number of sulfonamides is 1. The molecule has 0 fully saturated rings. The lowest BCUT2D eigenvalue weighted by molar-refractivity contribution is 0.0830. The number of aliphatic hydroxyl groups excluding tert-OH is 1. The van der Waals surface area contributed by atoms with Crippen molar-refractivity contribution < 1.29 is 27.9 Å². The Hall–Kier alpha value is -4.71. The molecule has 4 rings (SSSR count). The highest BCUT2D eigenvalue weighted by Crippen LogP contribution is 2.20. The molecule has 0 heterocycles. The Kier molecular flexibility index (Phi) is 12.5. The van der Waals surface area contributed by atoms with Crippen LogP contribution < -0.4 is 25.4 Å². The van der Waals surface area contributed by atoms with Gasteiger partial charge in [-0.15, -0.1) is 0 Å². The zero-order valence-corrected chi connectivity index (χ0v) is 27.6. The van der Waals surface area contributed by atoms with Crippen LogP contribution >= 0.6 is 0 Å². The van der Waals surface area contributed by atoms with Crippen LogP contribution in [0.1, 0.15) is 57.3 Å². The van der Waals surface area contributed by atoms with Crippen LogP contribution in [0.5, 0.6) is 5.75 Å². The molecular weight excluding hydrogens is 616 g/mol. The summed E-state index contributed by atoms with van der Waals surface area (Å²) >= 11 is 0. The van der Waals surface area contributed by atoms with Gasteiger partial charge in [-0.25, -0.2) is 8.42 Å². The summed E-state index contributed by atoms with van der Waals surface area (Å²) in [4.78, 5) is 27.1. The summed E-state index contributed by atoms with van der Waals surface area (Å²) in [6.45, 7) is 3.98. The zero-order chi connectivity index (χ0) is 33.8. The fraction of sp³-hybridized carbons (Fsp3) is 0.278. The van der Waals surface area contributed by atoms with Crippen LogP contribution in [0.4, 0.5) is 5.69 Å². The summed E-state index contributed by atoms with van der Waals surface area (Å²) in [5.74, 6) is -0.509. The van der Waals surface area contributed by atoms with E-state index >= 15 is 0 Å². The van der Waals surface area contributed by atoms with Crippen molar-refractivity contribution in [3.05, 3.63) is 131 Å². The fourth-order valence-electron chi connectivity index (χ4n) is 5.00. The van der Waals surface area contributed by atoms with Crippen molar-refractivity contribution in [2.75, 3.05) is 24.1 Å². The molecule has 10 nitrogen and oxygen atoms in total. The Morgan fingerprint density at radius 1 is 0.809 bits per heavy atom. The third kappa shape index (κ3) is 10.7.